The molecule has 0 amide bonds. The zero-order valence-corrected chi connectivity index (χ0v) is 13.9. The number of anilines is 1. The number of ether oxygens (including phenoxy) is 1. The first-order valence-electron chi connectivity index (χ1n) is 8.47. The Morgan fingerprint density at radius 2 is 1.82 bits per heavy atom. The van der Waals surface area contributed by atoms with E-state index < -0.39 is 0 Å². The van der Waals surface area contributed by atoms with Gasteiger partial charge in [-0.2, -0.15) is 0 Å². The average Bonchev–Trinajstić information content (AvgIpc) is 2.57. The second kappa shape index (κ2) is 7.40. The third kappa shape index (κ3) is 3.77. The van der Waals surface area contributed by atoms with Crippen LogP contribution in [-0.4, -0.2) is 73.3 Å². The Kier molecular flexibility index (Phi) is 5.28. The quantitative estimate of drug-likeness (QED) is 0.840. The molecule has 5 heteroatoms. The van der Waals surface area contributed by atoms with Crippen LogP contribution in [0.4, 0.5) is 5.82 Å². The van der Waals surface area contributed by atoms with Gasteiger partial charge in [0.1, 0.15) is 5.82 Å². The molecule has 1 aromatic heterocycles. The predicted octanol–water partition coefficient (Wildman–Crippen LogP) is 1.44. The summed E-state index contributed by atoms with van der Waals surface area (Å²) >= 11 is 0. The monoisotopic (exact) mass is 304 g/mol. The van der Waals surface area contributed by atoms with Crippen molar-refractivity contribution in [3.05, 3.63) is 23.9 Å². The van der Waals surface area contributed by atoms with Crippen molar-refractivity contribution in [3.63, 3.8) is 0 Å². The molecule has 0 aromatic carbocycles. The Morgan fingerprint density at radius 3 is 2.50 bits per heavy atom. The number of nitrogens with zero attached hydrogens (tertiary/aromatic N) is 4. The van der Waals surface area contributed by atoms with Crippen LogP contribution in [0.3, 0.4) is 0 Å². The smallest absolute Gasteiger partial charge is 0.133 e. The fourth-order valence-electron chi connectivity index (χ4n) is 3.29. The van der Waals surface area contributed by atoms with Crippen LogP contribution in [0.15, 0.2) is 18.3 Å². The lowest BCUT2D eigenvalue weighted by molar-refractivity contribution is 0.103. The largest absolute Gasteiger partial charge is 0.378 e. The molecule has 122 valence electrons. The molecule has 1 aromatic rings. The van der Waals surface area contributed by atoms with Crippen LogP contribution in [0.25, 0.3) is 0 Å². The Hall–Kier alpha value is -1.17. The van der Waals surface area contributed by atoms with Crippen molar-refractivity contribution >= 4 is 5.82 Å². The van der Waals surface area contributed by atoms with E-state index >= 15 is 0 Å². The van der Waals surface area contributed by atoms with Gasteiger partial charge in [0.05, 0.1) is 13.2 Å². The summed E-state index contributed by atoms with van der Waals surface area (Å²) in [6.45, 7) is 13.7. The minimum atomic E-state index is 0.657. The van der Waals surface area contributed by atoms with Crippen molar-refractivity contribution < 1.29 is 4.74 Å². The van der Waals surface area contributed by atoms with Crippen molar-refractivity contribution in [1.29, 1.82) is 0 Å². The van der Waals surface area contributed by atoms with Gasteiger partial charge in [-0.05, 0) is 19.9 Å². The van der Waals surface area contributed by atoms with Crippen LogP contribution in [0.2, 0.25) is 0 Å². The van der Waals surface area contributed by atoms with Crippen LogP contribution in [-0.2, 0) is 11.3 Å². The topological polar surface area (TPSA) is 31.8 Å². The number of piperazine rings is 1. The molecule has 0 aliphatic carbocycles. The molecule has 2 fully saturated rings. The number of hydrogen-bond donors (Lipinski definition) is 0. The number of rotatable bonds is 4. The zero-order valence-electron chi connectivity index (χ0n) is 13.9. The van der Waals surface area contributed by atoms with Crippen molar-refractivity contribution in [1.82, 2.24) is 14.8 Å². The summed E-state index contributed by atoms with van der Waals surface area (Å²) in [4.78, 5) is 12.1. The highest BCUT2D eigenvalue weighted by Gasteiger charge is 2.21. The van der Waals surface area contributed by atoms with E-state index in [0.29, 0.717) is 6.04 Å². The molecule has 0 unspecified atom stereocenters. The van der Waals surface area contributed by atoms with E-state index in [1.165, 1.54) is 18.7 Å². The number of morpholine rings is 1. The fourth-order valence-corrected chi connectivity index (χ4v) is 3.29. The van der Waals surface area contributed by atoms with E-state index in [2.05, 4.69) is 45.7 Å². The molecule has 2 saturated heterocycles. The maximum atomic E-state index is 5.46. The summed E-state index contributed by atoms with van der Waals surface area (Å²) in [5, 5.41) is 0. The van der Waals surface area contributed by atoms with E-state index in [9.17, 15) is 0 Å². The van der Waals surface area contributed by atoms with E-state index in [1.54, 1.807) is 0 Å². The molecule has 0 radical (unpaired) electrons. The van der Waals surface area contributed by atoms with Gasteiger partial charge in [0.25, 0.3) is 0 Å². The lowest BCUT2D eigenvalue weighted by Crippen LogP contribution is -2.48. The average molecular weight is 304 g/mol. The third-order valence-electron chi connectivity index (χ3n) is 4.71. The van der Waals surface area contributed by atoms with Crippen LogP contribution in [0.5, 0.6) is 0 Å². The second-order valence-corrected chi connectivity index (χ2v) is 6.49. The molecule has 0 N–H and O–H groups in total. The predicted molar refractivity (Wildman–Crippen MR) is 89.3 cm³/mol. The van der Waals surface area contributed by atoms with E-state index in [4.69, 9.17) is 4.74 Å². The summed E-state index contributed by atoms with van der Waals surface area (Å²) < 4.78 is 5.46. The Bertz CT molecular complexity index is 465. The second-order valence-electron chi connectivity index (χ2n) is 6.49. The van der Waals surface area contributed by atoms with Gasteiger partial charge < -0.3 is 9.64 Å². The maximum Gasteiger partial charge on any atom is 0.133 e. The number of aromatic nitrogens is 1. The first-order chi connectivity index (χ1) is 10.7. The normalized spacial score (nSPS) is 21.5. The lowest BCUT2D eigenvalue weighted by atomic mass is 10.2. The molecule has 0 bridgehead atoms. The van der Waals surface area contributed by atoms with Crippen molar-refractivity contribution in [3.8, 4) is 0 Å². The fraction of sp³-hybridized carbons (Fsp3) is 0.706. The molecule has 0 spiro atoms. The molecule has 2 aliphatic heterocycles. The first-order valence-corrected chi connectivity index (χ1v) is 8.47. The Morgan fingerprint density at radius 1 is 1.09 bits per heavy atom. The summed E-state index contributed by atoms with van der Waals surface area (Å²) in [7, 11) is 0. The van der Waals surface area contributed by atoms with Crippen molar-refractivity contribution in [2.45, 2.75) is 26.4 Å². The van der Waals surface area contributed by atoms with Gasteiger partial charge in [0.15, 0.2) is 0 Å². The van der Waals surface area contributed by atoms with Gasteiger partial charge in [0.2, 0.25) is 0 Å². The van der Waals surface area contributed by atoms with E-state index in [1.807, 2.05) is 6.20 Å². The van der Waals surface area contributed by atoms with E-state index in [-0.39, 0.29) is 0 Å². The van der Waals surface area contributed by atoms with Gasteiger partial charge in [-0.1, -0.05) is 6.07 Å². The van der Waals surface area contributed by atoms with Gasteiger partial charge in [-0.15, -0.1) is 0 Å². The maximum absolute atomic E-state index is 5.46. The SMILES string of the molecule is CC(C)N1CCN(Cc2cccnc2N2CCOCC2)CC1. The van der Waals surface area contributed by atoms with Crippen LogP contribution < -0.4 is 4.90 Å². The Balaban J connectivity index is 1.63. The molecule has 3 heterocycles. The Labute approximate surface area is 133 Å². The van der Waals surface area contributed by atoms with Crippen LogP contribution >= 0.6 is 0 Å². The summed E-state index contributed by atoms with van der Waals surface area (Å²) in [5.41, 5.74) is 1.35. The van der Waals surface area contributed by atoms with Gasteiger partial charge >= 0.3 is 0 Å². The van der Waals surface area contributed by atoms with Gasteiger partial charge in [-0.3, -0.25) is 9.80 Å². The highest BCUT2D eigenvalue weighted by atomic mass is 16.5. The summed E-state index contributed by atoms with van der Waals surface area (Å²) in [6.07, 6.45) is 1.91. The molecular formula is C17H28N4O. The van der Waals surface area contributed by atoms with Crippen LogP contribution in [0.1, 0.15) is 19.4 Å². The molecule has 2 aliphatic rings. The van der Waals surface area contributed by atoms with Crippen molar-refractivity contribution in [2.24, 2.45) is 0 Å². The molecular weight excluding hydrogens is 276 g/mol. The standard InChI is InChI=1S/C17H28N4O/c1-15(2)20-8-6-19(7-9-20)14-16-4-3-5-18-17(16)21-10-12-22-13-11-21/h3-5,15H,6-14H2,1-2H3. The minimum absolute atomic E-state index is 0.657. The van der Waals surface area contributed by atoms with E-state index in [0.717, 1.165) is 51.8 Å². The number of pyridine rings is 1. The molecule has 0 atom stereocenters. The first kappa shape index (κ1) is 15.7. The summed E-state index contributed by atoms with van der Waals surface area (Å²) in [6, 6.07) is 4.94. The molecule has 3 rings (SSSR count). The summed E-state index contributed by atoms with van der Waals surface area (Å²) in [5.74, 6) is 1.15. The highest BCUT2D eigenvalue weighted by Crippen LogP contribution is 2.21. The minimum Gasteiger partial charge on any atom is -0.378 e. The molecule has 22 heavy (non-hydrogen) atoms. The lowest BCUT2D eigenvalue weighted by Gasteiger charge is -2.37. The van der Waals surface area contributed by atoms with Crippen molar-refractivity contribution in [2.75, 3.05) is 57.4 Å². The highest BCUT2D eigenvalue weighted by molar-refractivity contribution is 5.47. The van der Waals surface area contributed by atoms with Gasteiger partial charge in [0, 0.05) is 63.6 Å². The number of hydrogen-bond acceptors (Lipinski definition) is 5. The zero-order chi connectivity index (χ0) is 15.4. The third-order valence-corrected chi connectivity index (χ3v) is 4.71. The molecule has 0 saturated carbocycles. The molecule has 5 nitrogen and oxygen atoms in total. The van der Waals surface area contributed by atoms with Crippen LogP contribution in [0, 0.1) is 0 Å². The van der Waals surface area contributed by atoms with Gasteiger partial charge in [-0.25, -0.2) is 4.98 Å².